The van der Waals surface area contributed by atoms with E-state index >= 15 is 0 Å². The number of benzene rings is 1. The Morgan fingerprint density at radius 2 is 1.95 bits per heavy atom. The van der Waals surface area contributed by atoms with Crippen LogP contribution >= 0.6 is 11.6 Å². The van der Waals surface area contributed by atoms with Crippen LogP contribution in [0.5, 0.6) is 5.75 Å². The van der Waals surface area contributed by atoms with E-state index in [4.69, 9.17) is 22.1 Å². The van der Waals surface area contributed by atoms with Gasteiger partial charge in [-0.25, -0.2) is 0 Å². The molecule has 106 valence electrons. The van der Waals surface area contributed by atoms with Gasteiger partial charge in [-0.2, -0.15) is 0 Å². The van der Waals surface area contributed by atoms with Gasteiger partial charge in [-0.3, -0.25) is 4.79 Å². The van der Waals surface area contributed by atoms with Gasteiger partial charge >= 0.3 is 0 Å². The number of nitrogens with one attached hydrogen (secondary N) is 1. The van der Waals surface area contributed by atoms with Crippen LogP contribution < -0.4 is 15.8 Å². The van der Waals surface area contributed by atoms with Gasteiger partial charge in [-0.1, -0.05) is 17.7 Å². The molecule has 2 atom stereocenters. The van der Waals surface area contributed by atoms with Crippen molar-refractivity contribution in [2.45, 2.75) is 45.9 Å². The Balaban J connectivity index is 2.74. The maximum absolute atomic E-state index is 11.7. The predicted molar refractivity (Wildman–Crippen MR) is 77.4 cm³/mol. The van der Waals surface area contributed by atoms with E-state index in [-0.39, 0.29) is 18.0 Å². The molecule has 1 aromatic rings. The van der Waals surface area contributed by atoms with Crippen LogP contribution in [0.1, 0.15) is 39.3 Å². The van der Waals surface area contributed by atoms with Gasteiger partial charge in [0.25, 0.3) is 5.91 Å². The number of nitrogens with two attached hydrogens (primary N) is 1. The van der Waals surface area contributed by atoms with E-state index in [1.165, 1.54) is 0 Å². The molecule has 3 N–H and O–H groups in total. The molecule has 0 saturated heterocycles. The molecule has 1 rings (SSSR count). The smallest absolute Gasteiger partial charge is 0.260 e. The minimum atomic E-state index is -0.596. The summed E-state index contributed by atoms with van der Waals surface area (Å²) < 4.78 is 5.56. The zero-order valence-electron chi connectivity index (χ0n) is 11.7. The molecule has 0 aliphatic rings. The number of carbonyl (C=O) groups excluding carboxylic acids is 1. The fraction of sp³-hybridized carbons (Fsp3) is 0.500. The molecule has 0 aliphatic heterocycles. The van der Waals surface area contributed by atoms with Crippen molar-refractivity contribution in [3.8, 4) is 5.75 Å². The third kappa shape index (κ3) is 4.73. The van der Waals surface area contributed by atoms with Gasteiger partial charge in [-0.15, -0.1) is 0 Å². The third-order valence-electron chi connectivity index (χ3n) is 2.59. The van der Waals surface area contributed by atoms with E-state index in [1.807, 2.05) is 26.8 Å². The highest BCUT2D eigenvalue weighted by Crippen LogP contribution is 2.28. The first-order valence-corrected chi connectivity index (χ1v) is 6.71. The molecule has 4 nitrogen and oxygen atoms in total. The van der Waals surface area contributed by atoms with E-state index in [0.717, 1.165) is 5.56 Å². The van der Waals surface area contributed by atoms with E-state index < -0.39 is 6.10 Å². The SMILES string of the molecule is CC(C)NC(=O)C(C)Oc1ccc(C(C)N)cc1Cl. The van der Waals surface area contributed by atoms with Crippen LogP contribution in [0, 0.1) is 0 Å². The number of ether oxygens (including phenoxy) is 1. The summed E-state index contributed by atoms with van der Waals surface area (Å²) in [7, 11) is 0. The normalized spacial score (nSPS) is 14.1. The Morgan fingerprint density at radius 1 is 1.32 bits per heavy atom. The van der Waals surface area contributed by atoms with E-state index in [1.54, 1.807) is 19.1 Å². The lowest BCUT2D eigenvalue weighted by Gasteiger charge is -2.18. The van der Waals surface area contributed by atoms with Gasteiger partial charge in [0.15, 0.2) is 6.10 Å². The molecule has 2 unspecified atom stereocenters. The number of hydrogen-bond donors (Lipinski definition) is 2. The molecule has 0 radical (unpaired) electrons. The number of rotatable bonds is 5. The highest BCUT2D eigenvalue weighted by Gasteiger charge is 2.17. The molecular formula is C14H21ClN2O2. The van der Waals surface area contributed by atoms with Crippen molar-refractivity contribution in [3.63, 3.8) is 0 Å². The first-order chi connectivity index (χ1) is 8.81. The maximum atomic E-state index is 11.7. The molecular weight excluding hydrogens is 264 g/mol. The lowest BCUT2D eigenvalue weighted by Crippen LogP contribution is -2.40. The molecule has 5 heteroatoms. The Hall–Kier alpha value is -1.26. The highest BCUT2D eigenvalue weighted by atomic mass is 35.5. The van der Waals surface area contributed by atoms with Crippen LogP contribution in [0.3, 0.4) is 0 Å². The van der Waals surface area contributed by atoms with E-state index in [2.05, 4.69) is 5.32 Å². The first-order valence-electron chi connectivity index (χ1n) is 6.33. The van der Waals surface area contributed by atoms with Gasteiger partial charge in [0.05, 0.1) is 5.02 Å². The molecule has 19 heavy (non-hydrogen) atoms. The van der Waals surface area contributed by atoms with Crippen molar-refractivity contribution in [1.29, 1.82) is 0 Å². The second-order valence-electron chi connectivity index (χ2n) is 4.90. The molecule has 0 heterocycles. The van der Waals surface area contributed by atoms with Crippen LogP contribution in [0.4, 0.5) is 0 Å². The minimum absolute atomic E-state index is 0.0782. The quantitative estimate of drug-likeness (QED) is 0.874. The van der Waals surface area contributed by atoms with Crippen LogP contribution in [0.2, 0.25) is 5.02 Å². The van der Waals surface area contributed by atoms with Crippen molar-refractivity contribution in [1.82, 2.24) is 5.32 Å². The van der Waals surface area contributed by atoms with Crippen LogP contribution in [0.25, 0.3) is 0 Å². The lowest BCUT2D eigenvalue weighted by molar-refractivity contribution is -0.127. The molecule has 0 fully saturated rings. The Morgan fingerprint density at radius 3 is 2.42 bits per heavy atom. The Kier molecular flexibility index (Phi) is 5.63. The van der Waals surface area contributed by atoms with Crippen molar-refractivity contribution < 1.29 is 9.53 Å². The second kappa shape index (κ2) is 6.78. The molecule has 0 bridgehead atoms. The number of hydrogen-bond acceptors (Lipinski definition) is 3. The summed E-state index contributed by atoms with van der Waals surface area (Å²) in [4.78, 5) is 11.7. The van der Waals surface area contributed by atoms with Crippen LogP contribution in [-0.4, -0.2) is 18.1 Å². The summed E-state index contributed by atoms with van der Waals surface area (Å²) in [5.41, 5.74) is 6.70. The van der Waals surface area contributed by atoms with Crippen molar-refractivity contribution in [3.05, 3.63) is 28.8 Å². The lowest BCUT2D eigenvalue weighted by atomic mass is 10.1. The monoisotopic (exact) mass is 284 g/mol. The van der Waals surface area contributed by atoms with Crippen molar-refractivity contribution >= 4 is 17.5 Å². The largest absolute Gasteiger partial charge is 0.479 e. The summed E-state index contributed by atoms with van der Waals surface area (Å²) in [6.45, 7) is 7.36. The average Bonchev–Trinajstić information content (AvgIpc) is 2.30. The fourth-order valence-electron chi connectivity index (χ4n) is 1.54. The van der Waals surface area contributed by atoms with Crippen molar-refractivity contribution in [2.24, 2.45) is 5.73 Å². The zero-order valence-corrected chi connectivity index (χ0v) is 12.5. The maximum Gasteiger partial charge on any atom is 0.260 e. The fourth-order valence-corrected chi connectivity index (χ4v) is 1.78. The van der Waals surface area contributed by atoms with Crippen LogP contribution in [0.15, 0.2) is 18.2 Å². The van der Waals surface area contributed by atoms with Crippen LogP contribution in [-0.2, 0) is 4.79 Å². The second-order valence-corrected chi connectivity index (χ2v) is 5.31. The predicted octanol–water partition coefficient (Wildman–Crippen LogP) is 2.65. The van der Waals surface area contributed by atoms with E-state index in [9.17, 15) is 4.79 Å². The van der Waals surface area contributed by atoms with Gasteiger partial charge in [-0.05, 0) is 45.4 Å². The first kappa shape index (κ1) is 15.8. The topological polar surface area (TPSA) is 64.3 Å². The Labute approximate surface area is 119 Å². The van der Waals surface area contributed by atoms with Gasteiger partial charge in [0, 0.05) is 12.1 Å². The summed E-state index contributed by atoms with van der Waals surface area (Å²) in [5.74, 6) is 0.319. The zero-order chi connectivity index (χ0) is 14.6. The molecule has 0 aliphatic carbocycles. The average molecular weight is 285 g/mol. The van der Waals surface area contributed by atoms with Gasteiger partial charge in [0.1, 0.15) is 5.75 Å². The third-order valence-corrected chi connectivity index (χ3v) is 2.88. The molecule has 0 saturated carbocycles. The summed E-state index contributed by atoms with van der Waals surface area (Å²) in [6, 6.07) is 5.33. The van der Waals surface area contributed by atoms with Crippen molar-refractivity contribution in [2.75, 3.05) is 0 Å². The number of amides is 1. The summed E-state index contributed by atoms with van der Waals surface area (Å²) in [5, 5.41) is 3.24. The summed E-state index contributed by atoms with van der Waals surface area (Å²) >= 11 is 6.12. The van der Waals surface area contributed by atoms with Gasteiger partial charge < -0.3 is 15.8 Å². The minimum Gasteiger partial charge on any atom is -0.479 e. The van der Waals surface area contributed by atoms with E-state index in [0.29, 0.717) is 10.8 Å². The Bertz CT molecular complexity index is 447. The standard InChI is InChI=1S/C14H21ClN2O2/c1-8(2)17-14(18)10(4)19-13-6-5-11(9(3)16)7-12(13)15/h5-10H,16H2,1-4H3,(H,17,18). The number of carbonyl (C=O) groups is 1. The van der Waals surface area contributed by atoms with Gasteiger partial charge in [0.2, 0.25) is 0 Å². The number of halogens is 1. The molecule has 0 spiro atoms. The summed E-state index contributed by atoms with van der Waals surface area (Å²) in [6.07, 6.45) is -0.596. The molecule has 0 aromatic heterocycles. The molecule has 1 amide bonds. The molecule has 1 aromatic carbocycles. The highest BCUT2D eigenvalue weighted by molar-refractivity contribution is 6.32.